The summed E-state index contributed by atoms with van der Waals surface area (Å²) < 4.78 is 48.5. The minimum absolute atomic E-state index is 0.266. The van der Waals surface area contributed by atoms with Crippen LogP contribution in [0.5, 0.6) is 11.5 Å². The molecule has 4 nitrogen and oxygen atoms in total. The summed E-state index contributed by atoms with van der Waals surface area (Å²) >= 11 is 7.64. The molecule has 0 aliphatic heterocycles. The van der Waals surface area contributed by atoms with Gasteiger partial charge >= 0.3 is 12.1 Å². The highest BCUT2D eigenvalue weighted by molar-refractivity contribution is 7.99. The summed E-state index contributed by atoms with van der Waals surface area (Å²) in [7, 11) is 0. The second-order valence-electron chi connectivity index (χ2n) is 7.04. The van der Waals surface area contributed by atoms with Gasteiger partial charge in [-0.1, -0.05) is 25.4 Å². The molecule has 0 saturated heterocycles. The number of carboxylic acids is 1. The normalized spacial score (nSPS) is 11.9. The van der Waals surface area contributed by atoms with Gasteiger partial charge in [0.25, 0.3) is 0 Å². The Balaban J connectivity index is 1.87. The average Bonchev–Trinajstić information content (AvgIpc) is 2.64. The van der Waals surface area contributed by atoms with Crippen LogP contribution in [-0.2, 0) is 11.0 Å². The Bertz CT molecular complexity index is 839. The summed E-state index contributed by atoms with van der Waals surface area (Å²) in [6, 6.07) is 9.68. The zero-order valence-electron chi connectivity index (χ0n) is 15.8. The summed E-state index contributed by atoms with van der Waals surface area (Å²) in [5.41, 5.74) is -0.981. The molecular weight excluding hydrogens is 429 g/mol. The number of hydrogen-bond donors (Lipinski definition) is 1. The minimum atomic E-state index is -4.37. The highest BCUT2D eigenvalue weighted by atomic mass is 35.5. The van der Waals surface area contributed by atoms with E-state index in [4.69, 9.17) is 26.2 Å². The number of ether oxygens (including phenoxy) is 2. The van der Waals surface area contributed by atoms with E-state index in [2.05, 4.69) is 0 Å². The van der Waals surface area contributed by atoms with E-state index >= 15 is 0 Å². The van der Waals surface area contributed by atoms with Gasteiger partial charge in [-0.25, -0.2) is 4.79 Å². The van der Waals surface area contributed by atoms with Crippen molar-refractivity contribution in [3.8, 4) is 11.5 Å². The maximum Gasteiger partial charge on any atom is 0.416 e. The number of rotatable bonds is 9. The molecule has 0 fully saturated rings. The van der Waals surface area contributed by atoms with Crippen molar-refractivity contribution in [1.82, 2.24) is 0 Å². The average molecular weight is 449 g/mol. The zero-order valence-corrected chi connectivity index (χ0v) is 17.3. The van der Waals surface area contributed by atoms with Gasteiger partial charge in [-0.2, -0.15) is 13.2 Å². The molecule has 0 bridgehead atoms. The molecule has 0 aromatic heterocycles. The van der Waals surface area contributed by atoms with Gasteiger partial charge in [-0.05, 0) is 42.5 Å². The van der Waals surface area contributed by atoms with Crippen molar-refractivity contribution in [2.24, 2.45) is 5.41 Å². The van der Waals surface area contributed by atoms with Crippen LogP contribution >= 0.6 is 23.4 Å². The van der Waals surface area contributed by atoms with E-state index in [9.17, 15) is 18.0 Å². The van der Waals surface area contributed by atoms with Crippen LogP contribution in [0.2, 0.25) is 5.02 Å². The molecule has 0 aliphatic rings. The summed E-state index contributed by atoms with van der Waals surface area (Å²) in [4.78, 5) is 11.4. The Kier molecular flexibility index (Phi) is 7.71. The van der Waals surface area contributed by atoms with Gasteiger partial charge < -0.3 is 14.6 Å². The van der Waals surface area contributed by atoms with E-state index in [0.717, 1.165) is 17.0 Å². The molecular formula is C20H20ClF3O4S. The van der Waals surface area contributed by atoms with Gasteiger partial charge in [0.2, 0.25) is 0 Å². The van der Waals surface area contributed by atoms with E-state index in [0.29, 0.717) is 28.9 Å². The predicted octanol–water partition coefficient (Wildman–Crippen LogP) is 6.02. The minimum Gasteiger partial charge on any atom is -0.493 e. The maximum absolute atomic E-state index is 12.6. The van der Waals surface area contributed by atoms with Crippen LogP contribution in [-0.4, -0.2) is 30.0 Å². The first-order chi connectivity index (χ1) is 13.5. The lowest BCUT2D eigenvalue weighted by molar-refractivity contribution is -0.139. The molecule has 0 saturated carbocycles. The largest absolute Gasteiger partial charge is 0.493 e. The lowest BCUT2D eigenvalue weighted by Gasteiger charge is -2.24. The number of hydrogen-bond acceptors (Lipinski definition) is 4. The zero-order chi connectivity index (χ0) is 21.7. The summed E-state index contributed by atoms with van der Waals surface area (Å²) in [5, 5.41) is 8.96. The first-order valence-electron chi connectivity index (χ1n) is 8.53. The molecule has 0 heterocycles. The molecule has 2 rings (SSSR count). The number of thioether (sulfide) groups is 1. The number of alkyl halides is 3. The molecule has 2 aromatic carbocycles. The second kappa shape index (κ2) is 9.63. The topological polar surface area (TPSA) is 55.8 Å². The molecule has 0 atom stereocenters. The van der Waals surface area contributed by atoms with E-state index in [1.807, 2.05) is 13.8 Å². The van der Waals surface area contributed by atoms with Crippen LogP contribution in [0.1, 0.15) is 19.4 Å². The van der Waals surface area contributed by atoms with Crippen molar-refractivity contribution >= 4 is 29.3 Å². The van der Waals surface area contributed by atoms with Crippen LogP contribution in [0.3, 0.4) is 0 Å². The maximum atomic E-state index is 12.6. The van der Waals surface area contributed by atoms with Crippen LogP contribution < -0.4 is 9.47 Å². The van der Waals surface area contributed by atoms with Crippen molar-refractivity contribution < 1.29 is 32.5 Å². The van der Waals surface area contributed by atoms with Gasteiger partial charge in [0.15, 0.2) is 6.61 Å². The van der Waals surface area contributed by atoms with Gasteiger partial charge in [-0.3, -0.25) is 0 Å². The van der Waals surface area contributed by atoms with Crippen molar-refractivity contribution in [1.29, 1.82) is 0 Å². The highest BCUT2D eigenvalue weighted by Gasteiger charge is 2.30. The fourth-order valence-electron chi connectivity index (χ4n) is 2.17. The van der Waals surface area contributed by atoms with E-state index < -0.39 is 24.3 Å². The molecule has 158 valence electrons. The number of aliphatic carboxylic acids is 1. The van der Waals surface area contributed by atoms with Crippen molar-refractivity contribution in [3.05, 3.63) is 53.1 Å². The highest BCUT2D eigenvalue weighted by Crippen LogP contribution is 2.34. The Morgan fingerprint density at radius 3 is 2.31 bits per heavy atom. The Labute approximate surface area is 176 Å². The number of carbonyl (C=O) groups is 1. The first kappa shape index (κ1) is 23.2. The fraction of sp³-hybridized carbons (Fsp3) is 0.350. The third-order valence-electron chi connectivity index (χ3n) is 3.70. The van der Waals surface area contributed by atoms with Crippen LogP contribution in [0.15, 0.2) is 47.4 Å². The molecule has 0 unspecified atom stereocenters. The molecule has 0 spiro atoms. The number of halogens is 4. The van der Waals surface area contributed by atoms with E-state index in [1.165, 1.54) is 23.9 Å². The van der Waals surface area contributed by atoms with Crippen LogP contribution in [0, 0.1) is 5.41 Å². The van der Waals surface area contributed by atoms with Crippen molar-refractivity contribution in [3.63, 3.8) is 0 Å². The van der Waals surface area contributed by atoms with Gasteiger partial charge in [0.05, 0.1) is 17.2 Å². The van der Waals surface area contributed by atoms with Gasteiger partial charge in [0, 0.05) is 16.1 Å². The van der Waals surface area contributed by atoms with Gasteiger partial charge in [0.1, 0.15) is 11.5 Å². The van der Waals surface area contributed by atoms with E-state index in [1.54, 1.807) is 18.2 Å². The lowest BCUT2D eigenvalue weighted by Crippen LogP contribution is -2.24. The SMILES string of the molecule is CC(C)(COc1ccc(C(F)(F)F)cc1)CSc1ccc(OCC(=O)O)c(Cl)c1. The third kappa shape index (κ3) is 7.70. The third-order valence-corrected chi connectivity index (χ3v) is 5.50. The molecule has 0 amide bonds. The molecule has 0 aliphatic carbocycles. The summed E-state index contributed by atoms with van der Waals surface area (Å²) in [6.45, 7) is 3.81. The van der Waals surface area contributed by atoms with Gasteiger partial charge in [-0.15, -0.1) is 11.8 Å². The Morgan fingerprint density at radius 2 is 1.76 bits per heavy atom. The van der Waals surface area contributed by atoms with Crippen molar-refractivity contribution in [2.75, 3.05) is 19.0 Å². The fourth-order valence-corrected chi connectivity index (χ4v) is 3.47. The first-order valence-corrected chi connectivity index (χ1v) is 9.90. The van der Waals surface area contributed by atoms with Crippen molar-refractivity contribution in [2.45, 2.75) is 24.9 Å². The number of benzene rings is 2. The Hall–Kier alpha value is -2.06. The molecule has 9 heteroatoms. The van der Waals surface area contributed by atoms with Crippen LogP contribution in [0.25, 0.3) is 0 Å². The second-order valence-corrected chi connectivity index (χ2v) is 8.49. The summed E-state index contributed by atoms with van der Waals surface area (Å²) in [5.74, 6) is 0.246. The standard InChI is InChI=1S/C20H20ClF3O4S/c1-19(2,11-28-14-5-3-13(4-6-14)20(22,23)24)12-29-15-7-8-17(16(21)9-15)27-10-18(25)26/h3-9H,10-12H2,1-2H3,(H,25,26). The predicted molar refractivity (Wildman–Crippen MR) is 106 cm³/mol. The smallest absolute Gasteiger partial charge is 0.416 e. The Morgan fingerprint density at radius 1 is 1.10 bits per heavy atom. The van der Waals surface area contributed by atoms with Crippen LogP contribution in [0.4, 0.5) is 13.2 Å². The molecule has 0 radical (unpaired) electrons. The lowest BCUT2D eigenvalue weighted by atomic mass is 9.98. The molecule has 1 N–H and O–H groups in total. The van der Waals surface area contributed by atoms with E-state index in [-0.39, 0.29) is 5.41 Å². The molecule has 2 aromatic rings. The summed E-state index contributed by atoms with van der Waals surface area (Å²) in [6.07, 6.45) is -4.37. The monoisotopic (exact) mass is 448 g/mol. The quantitative estimate of drug-likeness (QED) is 0.475. The molecule has 29 heavy (non-hydrogen) atoms. The number of carboxylic acid groups (broad SMARTS) is 1.